The molecule has 0 aliphatic heterocycles. The second-order valence-electron chi connectivity index (χ2n) is 5.37. The first kappa shape index (κ1) is 16.8. The molecule has 1 aromatic heterocycles. The Hall–Kier alpha value is -2.04. The molecule has 0 saturated carbocycles. The molecule has 24 heavy (non-hydrogen) atoms. The summed E-state index contributed by atoms with van der Waals surface area (Å²) in [6, 6.07) is 15.3. The number of nitrogens with zero attached hydrogens (tertiary/aromatic N) is 2. The average Bonchev–Trinajstić information content (AvgIpc) is 2.83. The number of aromatic nitrogens is 2. The molecule has 2 nitrogen and oxygen atoms in total. The van der Waals surface area contributed by atoms with Gasteiger partial charge in [0.25, 0.3) is 0 Å². The van der Waals surface area contributed by atoms with Crippen molar-refractivity contribution < 1.29 is 13.2 Å². The summed E-state index contributed by atoms with van der Waals surface area (Å²) in [4.78, 5) is 0. The number of para-hydroxylation sites is 1. The van der Waals surface area contributed by atoms with E-state index in [-0.39, 0.29) is 15.0 Å². The van der Waals surface area contributed by atoms with E-state index in [1.54, 1.807) is 6.07 Å². The van der Waals surface area contributed by atoms with E-state index >= 15 is 0 Å². The maximum atomic E-state index is 12.9. The Morgan fingerprint density at radius 2 is 1.67 bits per heavy atom. The number of rotatable bonds is 3. The molecule has 1 heterocycles. The predicted octanol–water partition coefficient (Wildman–Crippen LogP) is 3.16. The normalized spacial score (nSPS) is 11.7. The van der Waals surface area contributed by atoms with Gasteiger partial charge in [-0.05, 0) is 0 Å². The molecule has 0 aliphatic rings. The average molecular weight is 395 g/mol. The van der Waals surface area contributed by atoms with Gasteiger partial charge in [-0.1, -0.05) is 0 Å². The zero-order valence-corrected chi connectivity index (χ0v) is 14.8. The van der Waals surface area contributed by atoms with Crippen LogP contribution < -0.4 is 8.92 Å². The number of benzene rings is 2. The van der Waals surface area contributed by atoms with Crippen LogP contribution in [0.15, 0.2) is 54.6 Å². The summed E-state index contributed by atoms with van der Waals surface area (Å²) in [5.74, 6) is 0. The maximum absolute atomic E-state index is 12.9. The zero-order valence-electron chi connectivity index (χ0n) is 13.1. The Bertz CT molecular complexity index is 854. The van der Waals surface area contributed by atoms with E-state index in [0.29, 0.717) is 4.46 Å². The van der Waals surface area contributed by atoms with E-state index in [0.717, 1.165) is 27.6 Å². The molecule has 0 saturated heterocycles. The van der Waals surface area contributed by atoms with Crippen LogP contribution in [-0.4, -0.2) is 24.7 Å². The second kappa shape index (κ2) is 6.46. The summed E-state index contributed by atoms with van der Waals surface area (Å²) >= 11 is -0.234. The first-order valence-corrected chi connectivity index (χ1v) is 9.04. The monoisotopic (exact) mass is 396 g/mol. The van der Waals surface area contributed by atoms with E-state index in [1.807, 2.05) is 48.9 Å². The minimum atomic E-state index is -4.32. The summed E-state index contributed by atoms with van der Waals surface area (Å²) in [5, 5.41) is 4.56. The van der Waals surface area contributed by atoms with Crippen LogP contribution in [0.2, 0.25) is 0 Å². The van der Waals surface area contributed by atoms with Crippen LogP contribution in [0.4, 0.5) is 13.2 Å². The number of hydrogen-bond donors (Lipinski definition) is 0. The van der Waals surface area contributed by atoms with Gasteiger partial charge >= 0.3 is 144 Å². The van der Waals surface area contributed by atoms with Crippen LogP contribution >= 0.6 is 0 Å². The van der Waals surface area contributed by atoms with Gasteiger partial charge in [0.1, 0.15) is 0 Å². The van der Waals surface area contributed by atoms with Crippen LogP contribution in [-0.2, 0) is 6.18 Å². The van der Waals surface area contributed by atoms with Crippen LogP contribution in [0, 0.1) is 13.8 Å². The van der Waals surface area contributed by atoms with Crippen molar-refractivity contribution in [2.45, 2.75) is 20.0 Å². The molecule has 0 amide bonds. The van der Waals surface area contributed by atoms with Crippen molar-refractivity contribution in [2.75, 3.05) is 0 Å². The Labute approximate surface area is 144 Å². The standard InChI is InChI=1S/C18H15F3N2Se/c1-12-17(13(2)23(22-12)15-8-4-3-5-9-15)24-16-10-6-7-14(11-16)18(19,20)21/h3-11H,1-2H3. The van der Waals surface area contributed by atoms with E-state index in [4.69, 9.17) is 0 Å². The number of alkyl halides is 3. The summed E-state index contributed by atoms with van der Waals surface area (Å²) in [6.45, 7) is 3.86. The minimum absolute atomic E-state index is 0.234. The molecule has 0 fully saturated rings. The van der Waals surface area contributed by atoms with Crippen LogP contribution in [0.5, 0.6) is 0 Å². The summed E-state index contributed by atoms with van der Waals surface area (Å²) in [5.41, 5.74) is 2.17. The summed E-state index contributed by atoms with van der Waals surface area (Å²) < 4.78 is 42.2. The van der Waals surface area contributed by atoms with Crippen molar-refractivity contribution in [3.63, 3.8) is 0 Å². The molecule has 0 atom stereocenters. The van der Waals surface area contributed by atoms with Crippen LogP contribution in [0.3, 0.4) is 0 Å². The van der Waals surface area contributed by atoms with Crippen molar-refractivity contribution in [3.05, 3.63) is 71.5 Å². The van der Waals surface area contributed by atoms with Crippen molar-refractivity contribution in [3.8, 4) is 5.69 Å². The number of hydrogen-bond acceptors (Lipinski definition) is 1. The molecule has 124 valence electrons. The van der Waals surface area contributed by atoms with E-state index in [9.17, 15) is 13.2 Å². The molecular weight excluding hydrogens is 380 g/mol. The molecule has 0 radical (unpaired) electrons. The molecule has 0 N–H and O–H groups in total. The van der Waals surface area contributed by atoms with Crippen molar-refractivity contribution >= 4 is 23.9 Å². The Balaban J connectivity index is 1.96. The van der Waals surface area contributed by atoms with Gasteiger partial charge in [0.2, 0.25) is 0 Å². The molecular formula is C18H15F3N2Se. The first-order valence-electron chi connectivity index (χ1n) is 7.33. The quantitative estimate of drug-likeness (QED) is 0.623. The second-order valence-corrected chi connectivity index (χ2v) is 7.65. The molecule has 0 bridgehead atoms. The third kappa shape index (κ3) is 3.40. The number of aryl methyl sites for hydroxylation is 1. The topological polar surface area (TPSA) is 17.8 Å². The number of halogens is 3. The van der Waals surface area contributed by atoms with E-state index in [2.05, 4.69) is 5.10 Å². The molecule has 0 spiro atoms. The molecule has 6 heteroatoms. The predicted molar refractivity (Wildman–Crippen MR) is 89.5 cm³/mol. The van der Waals surface area contributed by atoms with Gasteiger partial charge < -0.3 is 0 Å². The van der Waals surface area contributed by atoms with Gasteiger partial charge in [0.05, 0.1) is 0 Å². The Kier molecular flexibility index (Phi) is 4.52. The van der Waals surface area contributed by atoms with Crippen molar-refractivity contribution in [1.29, 1.82) is 0 Å². The van der Waals surface area contributed by atoms with E-state index in [1.165, 1.54) is 12.1 Å². The molecule has 0 aliphatic carbocycles. The van der Waals surface area contributed by atoms with Gasteiger partial charge in [-0.15, -0.1) is 0 Å². The third-order valence-corrected chi connectivity index (χ3v) is 6.30. The Morgan fingerprint density at radius 1 is 0.958 bits per heavy atom. The van der Waals surface area contributed by atoms with Gasteiger partial charge in [-0.2, -0.15) is 0 Å². The van der Waals surface area contributed by atoms with Crippen molar-refractivity contribution in [1.82, 2.24) is 9.78 Å². The molecule has 3 aromatic rings. The molecule has 0 unspecified atom stereocenters. The Morgan fingerprint density at radius 3 is 2.33 bits per heavy atom. The zero-order chi connectivity index (χ0) is 17.3. The summed E-state index contributed by atoms with van der Waals surface area (Å²) in [7, 11) is 0. The van der Waals surface area contributed by atoms with Gasteiger partial charge in [-0.25, -0.2) is 0 Å². The molecule has 3 rings (SSSR count). The fourth-order valence-electron chi connectivity index (χ4n) is 2.45. The van der Waals surface area contributed by atoms with Gasteiger partial charge in [0.15, 0.2) is 0 Å². The first-order chi connectivity index (χ1) is 11.4. The third-order valence-electron chi connectivity index (χ3n) is 3.61. The fraction of sp³-hybridized carbons (Fsp3) is 0.167. The fourth-order valence-corrected chi connectivity index (χ4v) is 4.53. The van der Waals surface area contributed by atoms with Crippen LogP contribution in [0.1, 0.15) is 17.0 Å². The SMILES string of the molecule is Cc1nn(-c2ccccc2)c(C)c1[Se]c1cccc(C(F)(F)F)c1. The molecule has 2 aromatic carbocycles. The van der Waals surface area contributed by atoms with Gasteiger partial charge in [-0.3, -0.25) is 0 Å². The van der Waals surface area contributed by atoms with E-state index < -0.39 is 11.7 Å². The van der Waals surface area contributed by atoms with Gasteiger partial charge in [0, 0.05) is 0 Å². The van der Waals surface area contributed by atoms with Crippen LogP contribution in [0.25, 0.3) is 5.69 Å². The van der Waals surface area contributed by atoms with Crippen molar-refractivity contribution in [2.24, 2.45) is 0 Å². The summed E-state index contributed by atoms with van der Waals surface area (Å²) in [6.07, 6.45) is -4.32.